The second-order valence-corrected chi connectivity index (χ2v) is 1.80. The second-order valence-electron chi connectivity index (χ2n) is 1.41. The third-order valence-corrected chi connectivity index (χ3v) is 1.15. The smallest absolute Gasteiger partial charge is 0.214 e. The summed E-state index contributed by atoms with van der Waals surface area (Å²) in [5.74, 6) is -0.147. The first-order valence-electron chi connectivity index (χ1n) is 2.23. The topological polar surface area (TPSA) is 31.2 Å². The van der Waals surface area contributed by atoms with Gasteiger partial charge >= 0.3 is 0 Å². The number of nitrogens with zero attached hydrogens (tertiary/aromatic N) is 1. The first-order valence-corrected chi connectivity index (χ1v) is 2.64. The molecule has 0 unspecified atom stereocenters. The van der Waals surface area contributed by atoms with Crippen LogP contribution in [-0.2, 0) is 4.79 Å². The molecule has 1 aliphatic rings. The number of rotatable bonds is 0. The SMILES string of the molecule is O=C1C=CC[N]C1=S. The highest BCUT2D eigenvalue weighted by atomic mass is 32.1. The predicted octanol–water partition coefficient (Wildman–Crippen LogP) is 0.0571. The van der Waals surface area contributed by atoms with Crippen molar-refractivity contribution in [2.24, 2.45) is 0 Å². The zero-order valence-corrected chi connectivity index (χ0v) is 4.94. The molecule has 0 saturated heterocycles. The van der Waals surface area contributed by atoms with Crippen molar-refractivity contribution in [2.45, 2.75) is 0 Å². The Hall–Kier alpha value is -0.700. The van der Waals surface area contributed by atoms with Crippen molar-refractivity contribution in [3.05, 3.63) is 12.2 Å². The zero-order valence-electron chi connectivity index (χ0n) is 4.13. The molecule has 1 aliphatic heterocycles. The molecule has 0 amide bonds. The van der Waals surface area contributed by atoms with Crippen LogP contribution in [0.4, 0.5) is 0 Å². The molecule has 0 N–H and O–H groups in total. The van der Waals surface area contributed by atoms with Gasteiger partial charge in [0, 0.05) is 0 Å². The summed E-state index contributed by atoms with van der Waals surface area (Å²) in [6, 6.07) is 0. The molecule has 3 heteroatoms. The molecule has 0 aliphatic carbocycles. The molecule has 0 aromatic rings. The van der Waals surface area contributed by atoms with Gasteiger partial charge in [0.1, 0.15) is 0 Å². The third kappa shape index (κ3) is 0.924. The standard InChI is InChI=1S/C5H4NOS/c7-4-2-1-3-6-5(4)8/h1-2H,3H2. The molecule has 1 radical (unpaired) electrons. The first-order chi connectivity index (χ1) is 3.80. The summed E-state index contributed by atoms with van der Waals surface area (Å²) >= 11 is 4.56. The van der Waals surface area contributed by atoms with Crippen molar-refractivity contribution in [1.29, 1.82) is 0 Å². The van der Waals surface area contributed by atoms with E-state index in [1.165, 1.54) is 6.08 Å². The summed E-state index contributed by atoms with van der Waals surface area (Å²) in [4.78, 5) is 10.7. The molecule has 2 nitrogen and oxygen atoms in total. The van der Waals surface area contributed by atoms with Crippen molar-refractivity contribution >= 4 is 23.0 Å². The van der Waals surface area contributed by atoms with Crippen molar-refractivity contribution in [3.63, 3.8) is 0 Å². The molecule has 1 rings (SSSR count). The Bertz CT molecular complexity index is 162. The molecule has 0 bridgehead atoms. The van der Waals surface area contributed by atoms with Gasteiger partial charge in [0.15, 0.2) is 4.99 Å². The Labute approximate surface area is 52.6 Å². The molecule has 0 fully saturated rings. The lowest BCUT2D eigenvalue weighted by molar-refractivity contribution is -0.109. The lowest BCUT2D eigenvalue weighted by Gasteiger charge is -2.01. The highest BCUT2D eigenvalue weighted by molar-refractivity contribution is 7.82. The van der Waals surface area contributed by atoms with Gasteiger partial charge in [-0.1, -0.05) is 18.3 Å². The van der Waals surface area contributed by atoms with Crippen molar-refractivity contribution in [1.82, 2.24) is 5.32 Å². The van der Waals surface area contributed by atoms with Crippen molar-refractivity contribution in [2.75, 3.05) is 6.54 Å². The van der Waals surface area contributed by atoms with Gasteiger partial charge in [-0.05, 0) is 6.08 Å². The maximum Gasteiger partial charge on any atom is 0.214 e. The highest BCUT2D eigenvalue weighted by Gasteiger charge is 2.08. The number of ketones is 1. The van der Waals surface area contributed by atoms with Gasteiger partial charge in [-0.2, -0.15) is 0 Å². The summed E-state index contributed by atoms with van der Waals surface area (Å²) in [6.45, 7) is 0.560. The second kappa shape index (κ2) is 2.05. The fraction of sp³-hybridized carbons (Fsp3) is 0.200. The monoisotopic (exact) mass is 126 g/mol. The Kier molecular flexibility index (Phi) is 1.39. The van der Waals surface area contributed by atoms with Gasteiger partial charge in [0.25, 0.3) is 0 Å². The molecule has 0 aromatic heterocycles. The largest absolute Gasteiger partial charge is 0.287 e. The van der Waals surface area contributed by atoms with Crippen molar-refractivity contribution < 1.29 is 4.79 Å². The van der Waals surface area contributed by atoms with Crippen LogP contribution in [0.25, 0.3) is 0 Å². The van der Waals surface area contributed by atoms with E-state index in [-0.39, 0.29) is 10.8 Å². The number of thiocarbonyl (C=S) groups is 1. The van der Waals surface area contributed by atoms with E-state index >= 15 is 0 Å². The fourth-order valence-corrected chi connectivity index (χ4v) is 0.587. The summed E-state index contributed by atoms with van der Waals surface area (Å²) in [5, 5.41) is 3.71. The average molecular weight is 126 g/mol. The fourth-order valence-electron chi connectivity index (χ4n) is 0.445. The minimum atomic E-state index is -0.147. The Morgan fingerprint density at radius 2 is 2.50 bits per heavy atom. The van der Waals surface area contributed by atoms with Crippen LogP contribution in [0.3, 0.4) is 0 Å². The van der Waals surface area contributed by atoms with Crippen LogP contribution in [-0.4, -0.2) is 17.3 Å². The summed E-state index contributed by atoms with van der Waals surface area (Å²) in [5.41, 5.74) is 0. The van der Waals surface area contributed by atoms with Crippen LogP contribution in [0.2, 0.25) is 0 Å². The number of carbonyl (C=O) groups is 1. The highest BCUT2D eigenvalue weighted by Crippen LogP contribution is 1.88. The van der Waals surface area contributed by atoms with E-state index in [1.807, 2.05) is 0 Å². The predicted molar refractivity (Wildman–Crippen MR) is 33.7 cm³/mol. The molecule has 8 heavy (non-hydrogen) atoms. The zero-order chi connectivity index (χ0) is 5.98. The number of hydrogen-bond acceptors (Lipinski definition) is 2. The van der Waals surface area contributed by atoms with Crippen molar-refractivity contribution in [3.8, 4) is 0 Å². The van der Waals surface area contributed by atoms with E-state index in [1.54, 1.807) is 6.08 Å². The van der Waals surface area contributed by atoms with E-state index in [4.69, 9.17) is 0 Å². The third-order valence-electron chi connectivity index (χ3n) is 0.820. The molecule has 0 saturated carbocycles. The summed E-state index contributed by atoms with van der Waals surface area (Å²) in [6.07, 6.45) is 3.15. The molecule has 0 aromatic carbocycles. The van der Waals surface area contributed by atoms with Gasteiger partial charge in [-0.15, -0.1) is 0 Å². The lowest BCUT2D eigenvalue weighted by Crippen LogP contribution is -2.25. The van der Waals surface area contributed by atoms with Crippen LogP contribution in [0, 0.1) is 0 Å². The van der Waals surface area contributed by atoms with E-state index in [2.05, 4.69) is 17.5 Å². The number of hydrogen-bond donors (Lipinski definition) is 0. The van der Waals surface area contributed by atoms with Gasteiger partial charge in [0.05, 0.1) is 6.54 Å². The van der Waals surface area contributed by atoms with Crippen LogP contribution in [0.15, 0.2) is 12.2 Å². The quantitative estimate of drug-likeness (QED) is 0.430. The molecular formula is C5H4NOS. The maximum absolute atomic E-state index is 10.5. The van der Waals surface area contributed by atoms with Crippen LogP contribution in [0.1, 0.15) is 0 Å². The Balaban J connectivity index is 2.75. The van der Waals surface area contributed by atoms with Crippen LogP contribution in [0.5, 0.6) is 0 Å². The van der Waals surface area contributed by atoms with Crippen LogP contribution < -0.4 is 5.32 Å². The van der Waals surface area contributed by atoms with E-state index in [0.717, 1.165) is 0 Å². The maximum atomic E-state index is 10.5. The molecule has 41 valence electrons. The molecule has 0 spiro atoms. The van der Waals surface area contributed by atoms with E-state index in [9.17, 15) is 4.79 Å². The molecule has 0 atom stereocenters. The van der Waals surface area contributed by atoms with Gasteiger partial charge in [0.2, 0.25) is 5.78 Å². The molecule has 1 heterocycles. The molecular weight excluding hydrogens is 122 g/mol. The Morgan fingerprint density at radius 3 is 2.88 bits per heavy atom. The Morgan fingerprint density at radius 1 is 1.75 bits per heavy atom. The van der Waals surface area contributed by atoms with E-state index in [0.29, 0.717) is 6.54 Å². The van der Waals surface area contributed by atoms with Gasteiger partial charge in [-0.3, -0.25) is 10.1 Å². The van der Waals surface area contributed by atoms with Gasteiger partial charge < -0.3 is 0 Å². The lowest BCUT2D eigenvalue weighted by atomic mass is 10.3. The minimum Gasteiger partial charge on any atom is -0.287 e. The number of carbonyl (C=O) groups excluding carboxylic acids is 1. The first kappa shape index (κ1) is 5.44. The van der Waals surface area contributed by atoms with Crippen LogP contribution >= 0.6 is 12.2 Å². The minimum absolute atomic E-state index is 0.147. The summed E-state index contributed by atoms with van der Waals surface area (Å²) < 4.78 is 0. The average Bonchev–Trinajstić information content (AvgIpc) is 1.77. The van der Waals surface area contributed by atoms with Gasteiger partial charge in [-0.25, -0.2) is 0 Å². The summed E-state index contributed by atoms with van der Waals surface area (Å²) in [7, 11) is 0. The van der Waals surface area contributed by atoms with E-state index < -0.39 is 0 Å². The normalized spacial score (nSPS) is 18.5.